The fourth-order valence-corrected chi connectivity index (χ4v) is 1.33. The summed E-state index contributed by atoms with van der Waals surface area (Å²) in [5.41, 5.74) is -0.00615. The van der Waals surface area contributed by atoms with Crippen LogP contribution in [-0.2, 0) is 10.2 Å². The first-order valence-electron chi connectivity index (χ1n) is 5.61. The summed E-state index contributed by atoms with van der Waals surface area (Å²) in [6.45, 7) is 7.87. The van der Waals surface area contributed by atoms with Crippen LogP contribution in [0.2, 0.25) is 0 Å². The molecule has 0 aromatic carbocycles. The SMILES string of the molecule is CC(C)(C)c1nccc(NC2COC2)n1.CF. The number of rotatable bonds is 2. The maximum Gasteiger partial charge on any atom is 0.135 e. The second-order valence-corrected chi connectivity index (χ2v) is 4.89. The zero-order valence-corrected chi connectivity index (χ0v) is 10.8. The lowest BCUT2D eigenvalue weighted by Gasteiger charge is -2.27. The molecule has 2 rings (SSSR count). The third kappa shape index (κ3) is 3.93. The maximum atomic E-state index is 9.50. The van der Waals surface area contributed by atoms with E-state index in [-0.39, 0.29) is 5.41 Å². The minimum Gasteiger partial charge on any atom is -0.377 e. The number of halogens is 1. The summed E-state index contributed by atoms with van der Waals surface area (Å²) >= 11 is 0. The third-order valence-electron chi connectivity index (χ3n) is 2.32. The van der Waals surface area contributed by atoms with Gasteiger partial charge in [0.05, 0.1) is 26.4 Å². The van der Waals surface area contributed by atoms with Gasteiger partial charge in [-0.25, -0.2) is 9.97 Å². The van der Waals surface area contributed by atoms with E-state index in [9.17, 15) is 4.39 Å². The Morgan fingerprint density at radius 1 is 1.35 bits per heavy atom. The van der Waals surface area contributed by atoms with Crippen LogP contribution in [0.4, 0.5) is 10.2 Å². The van der Waals surface area contributed by atoms with Crippen molar-refractivity contribution in [3.05, 3.63) is 18.1 Å². The molecular weight excluding hydrogens is 221 g/mol. The Balaban J connectivity index is 0.000000686. The van der Waals surface area contributed by atoms with E-state index in [1.54, 1.807) is 6.20 Å². The topological polar surface area (TPSA) is 47.0 Å². The van der Waals surface area contributed by atoms with Crippen LogP contribution in [0.1, 0.15) is 26.6 Å². The molecule has 4 nitrogen and oxygen atoms in total. The van der Waals surface area contributed by atoms with Crippen LogP contribution in [0.25, 0.3) is 0 Å². The molecule has 0 spiro atoms. The van der Waals surface area contributed by atoms with Gasteiger partial charge in [0.1, 0.15) is 11.6 Å². The molecule has 0 unspecified atom stereocenters. The molecule has 1 saturated heterocycles. The first kappa shape index (κ1) is 13.8. The molecule has 0 atom stereocenters. The molecule has 17 heavy (non-hydrogen) atoms. The van der Waals surface area contributed by atoms with Crippen molar-refractivity contribution in [1.82, 2.24) is 9.97 Å². The largest absolute Gasteiger partial charge is 0.377 e. The zero-order valence-electron chi connectivity index (χ0n) is 10.8. The van der Waals surface area contributed by atoms with Crippen LogP contribution in [0.3, 0.4) is 0 Å². The van der Waals surface area contributed by atoms with E-state index in [2.05, 4.69) is 36.1 Å². The van der Waals surface area contributed by atoms with E-state index in [0.717, 1.165) is 24.9 Å². The Labute approximate surface area is 102 Å². The standard InChI is InChI=1S/C11H17N3O.CH3F/c1-11(2,3)10-12-5-4-9(14-10)13-8-6-15-7-8;1-2/h4-5,8H,6-7H2,1-3H3,(H,12,13,14);1H3. The lowest BCUT2D eigenvalue weighted by Crippen LogP contribution is -2.40. The quantitative estimate of drug-likeness (QED) is 0.862. The third-order valence-corrected chi connectivity index (χ3v) is 2.32. The molecule has 1 fully saturated rings. The highest BCUT2D eigenvalue weighted by molar-refractivity contribution is 5.35. The highest BCUT2D eigenvalue weighted by atomic mass is 19.1. The Morgan fingerprint density at radius 3 is 2.47 bits per heavy atom. The van der Waals surface area contributed by atoms with Gasteiger partial charge >= 0.3 is 0 Å². The highest BCUT2D eigenvalue weighted by Crippen LogP contribution is 2.19. The van der Waals surface area contributed by atoms with Crippen LogP contribution in [0.15, 0.2) is 12.3 Å². The number of nitrogens with zero attached hydrogens (tertiary/aromatic N) is 2. The van der Waals surface area contributed by atoms with Gasteiger partial charge in [0.25, 0.3) is 0 Å². The number of hydrogen-bond acceptors (Lipinski definition) is 4. The van der Waals surface area contributed by atoms with Crippen LogP contribution in [0.5, 0.6) is 0 Å². The van der Waals surface area contributed by atoms with Crippen LogP contribution in [-0.4, -0.2) is 36.4 Å². The van der Waals surface area contributed by atoms with Crippen molar-refractivity contribution in [2.45, 2.75) is 32.2 Å². The molecule has 1 aliphatic heterocycles. The van der Waals surface area contributed by atoms with E-state index in [0.29, 0.717) is 13.2 Å². The molecule has 0 bridgehead atoms. The second-order valence-electron chi connectivity index (χ2n) is 4.89. The van der Waals surface area contributed by atoms with Crippen molar-refractivity contribution in [3.63, 3.8) is 0 Å². The number of alkyl halides is 1. The number of hydrogen-bond donors (Lipinski definition) is 1. The lowest BCUT2D eigenvalue weighted by molar-refractivity contribution is 0.0209. The average molecular weight is 241 g/mol. The molecular formula is C12H20FN3O. The van der Waals surface area contributed by atoms with E-state index >= 15 is 0 Å². The maximum absolute atomic E-state index is 9.50. The van der Waals surface area contributed by atoms with E-state index in [1.807, 2.05) is 6.07 Å². The van der Waals surface area contributed by atoms with E-state index in [1.165, 1.54) is 0 Å². The molecule has 0 aliphatic carbocycles. The molecule has 0 amide bonds. The minimum absolute atomic E-state index is 0.00615. The fraction of sp³-hybridized carbons (Fsp3) is 0.667. The predicted molar refractivity (Wildman–Crippen MR) is 66.0 cm³/mol. The lowest BCUT2D eigenvalue weighted by atomic mass is 9.96. The van der Waals surface area contributed by atoms with Gasteiger partial charge in [-0.1, -0.05) is 20.8 Å². The summed E-state index contributed by atoms with van der Waals surface area (Å²) in [7, 11) is 0.500. The summed E-state index contributed by atoms with van der Waals surface area (Å²) in [5.74, 6) is 1.76. The van der Waals surface area contributed by atoms with Crippen molar-refractivity contribution < 1.29 is 9.13 Å². The smallest absolute Gasteiger partial charge is 0.135 e. The predicted octanol–water partition coefficient (Wildman–Crippen LogP) is 2.17. The molecule has 96 valence electrons. The molecule has 5 heteroatoms. The normalized spacial score (nSPS) is 15.6. The number of anilines is 1. The van der Waals surface area contributed by atoms with Gasteiger partial charge in [-0.3, -0.25) is 4.39 Å². The van der Waals surface area contributed by atoms with Crippen molar-refractivity contribution in [1.29, 1.82) is 0 Å². The molecule has 2 heterocycles. The van der Waals surface area contributed by atoms with Gasteiger partial charge in [0, 0.05) is 11.6 Å². The molecule has 1 aromatic rings. The summed E-state index contributed by atoms with van der Waals surface area (Å²) in [6.07, 6.45) is 1.80. The minimum atomic E-state index is -0.00615. The van der Waals surface area contributed by atoms with Gasteiger partial charge < -0.3 is 10.1 Å². The molecule has 1 N–H and O–H groups in total. The van der Waals surface area contributed by atoms with Gasteiger partial charge in [-0.05, 0) is 6.07 Å². The number of aromatic nitrogens is 2. The van der Waals surface area contributed by atoms with Crippen molar-refractivity contribution in [3.8, 4) is 0 Å². The Bertz CT molecular complexity index is 348. The van der Waals surface area contributed by atoms with Gasteiger partial charge in [-0.2, -0.15) is 0 Å². The van der Waals surface area contributed by atoms with E-state index in [4.69, 9.17) is 4.74 Å². The Kier molecular flexibility index (Phi) is 4.81. The van der Waals surface area contributed by atoms with Gasteiger partial charge in [0.15, 0.2) is 0 Å². The molecule has 1 aromatic heterocycles. The van der Waals surface area contributed by atoms with Crippen LogP contribution in [0, 0.1) is 0 Å². The van der Waals surface area contributed by atoms with Gasteiger partial charge in [0.2, 0.25) is 0 Å². The van der Waals surface area contributed by atoms with Crippen LogP contribution >= 0.6 is 0 Å². The van der Waals surface area contributed by atoms with Gasteiger partial charge in [-0.15, -0.1) is 0 Å². The molecule has 0 radical (unpaired) electrons. The monoisotopic (exact) mass is 241 g/mol. The van der Waals surface area contributed by atoms with Crippen LogP contribution < -0.4 is 5.32 Å². The Morgan fingerprint density at radius 2 is 2.00 bits per heavy atom. The van der Waals surface area contributed by atoms with E-state index < -0.39 is 0 Å². The highest BCUT2D eigenvalue weighted by Gasteiger charge is 2.20. The number of ether oxygens (including phenoxy) is 1. The summed E-state index contributed by atoms with van der Waals surface area (Å²) in [5, 5.41) is 3.31. The Hall–Kier alpha value is -1.23. The summed E-state index contributed by atoms with van der Waals surface area (Å²) in [6, 6.07) is 2.31. The summed E-state index contributed by atoms with van der Waals surface area (Å²) < 4.78 is 14.6. The van der Waals surface area contributed by atoms with Crippen molar-refractivity contribution in [2.75, 3.05) is 25.7 Å². The van der Waals surface area contributed by atoms with Crippen molar-refractivity contribution >= 4 is 5.82 Å². The second kappa shape index (κ2) is 5.91. The first-order chi connectivity index (χ1) is 8.05. The average Bonchev–Trinajstić information content (AvgIpc) is 2.26. The molecule has 1 aliphatic rings. The summed E-state index contributed by atoms with van der Waals surface area (Å²) in [4.78, 5) is 8.77. The fourth-order valence-electron chi connectivity index (χ4n) is 1.33. The van der Waals surface area contributed by atoms with Crippen molar-refractivity contribution in [2.24, 2.45) is 0 Å². The number of nitrogens with one attached hydrogen (secondary N) is 1. The molecule has 0 saturated carbocycles. The first-order valence-corrected chi connectivity index (χ1v) is 5.61. The zero-order chi connectivity index (χ0) is 12.9.